The predicted molar refractivity (Wildman–Crippen MR) is 105 cm³/mol. The fraction of sp³-hybridized carbons (Fsp3) is 0.368. The van der Waals surface area contributed by atoms with Crippen molar-refractivity contribution in [1.29, 1.82) is 0 Å². The van der Waals surface area contributed by atoms with Crippen LogP contribution in [-0.2, 0) is 0 Å². The summed E-state index contributed by atoms with van der Waals surface area (Å²) >= 11 is 0. The molecule has 0 radical (unpaired) electrons. The first-order valence-corrected chi connectivity index (χ1v) is 8.97. The summed E-state index contributed by atoms with van der Waals surface area (Å²) in [6.45, 7) is 6.08. The van der Waals surface area contributed by atoms with Crippen LogP contribution in [0.4, 0.5) is 5.69 Å². The number of aromatic nitrogens is 4. The van der Waals surface area contributed by atoms with E-state index in [4.69, 9.17) is 4.98 Å². The molecule has 1 unspecified atom stereocenters. The number of hydrogen-bond acceptors (Lipinski definition) is 6. The Morgan fingerprint density at radius 1 is 1.26 bits per heavy atom. The molecule has 3 rings (SSSR count). The third-order valence-electron chi connectivity index (χ3n) is 4.03. The largest absolute Gasteiger partial charge is 0.393 e. The Bertz CT molecular complexity index is 921. The van der Waals surface area contributed by atoms with Crippen LogP contribution < -0.4 is 10.6 Å². The van der Waals surface area contributed by atoms with Crippen molar-refractivity contribution in [3.8, 4) is 11.3 Å². The van der Waals surface area contributed by atoms with Crippen LogP contribution in [0.1, 0.15) is 37.6 Å². The highest BCUT2D eigenvalue weighted by Crippen LogP contribution is 2.28. The molecule has 1 atom stereocenters. The normalized spacial score (nSPS) is 12.3. The first kappa shape index (κ1) is 18.8. The lowest BCUT2D eigenvalue weighted by molar-refractivity contribution is 0.0946. The third kappa shape index (κ3) is 4.40. The lowest BCUT2D eigenvalue weighted by Crippen LogP contribution is -2.28. The van der Waals surface area contributed by atoms with E-state index in [1.165, 1.54) is 0 Å². The number of nitrogens with zero attached hydrogens (tertiary/aromatic N) is 3. The molecular weight excluding hydrogens is 344 g/mol. The lowest BCUT2D eigenvalue weighted by atomic mass is 10.1. The number of amides is 1. The molecule has 0 spiro atoms. The Morgan fingerprint density at radius 3 is 2.74 bits per heavy atom. The van der Waals surface area contributed by atoms with Gasteiger partial charge in [-0.15, -0.1) is 0 Å². The number of fused-ring (bicyclic) bond motifs is 1. The van der Waals surface area contributed by atoms with Gasteiger partial charge in [-0.05, 0) is 39.3 Å². The molecule has 8 heteroatoms. The maximum Gasteiger partial charge on any atom is 0.255 e. The predicted octanol–water partition coefficient (Wildman–Crippen LogP) is 2.34. The van der Waals surface area contributed by atoms with Gasteiger partial charge in [-0.2, -0.15) is 5.10 Å². The number of aliphatic hydroxyl groups is 1. The number of rotatable bonds is 7. The minimum absolute atomic E-state index is 0.110. The first-order valence-electron chi connectivity index (χ1n) is 8.97. The van der Waals surface area contributed by atoms with Crippen molar-refractivity contribution in [2.24, 2.45) is 0 Å². The van der Waals surface area contributed by atoms with Crippen LogP contribution in [0.5, 0.6) is 0 Å². The number of anilines is 1. The number of pyridine rings is 2. The molecule has 1 amide bonds. The molecule has 0 saturated heterocycles. The van der Waals surface area contributed by atoms with Crippen LogP contribution in [0.2, 0.25) is 0 Å². The quantitative estimate of drug-likeness (QED) is 0.509. The maximum absolute atomic E-state index is 12.7. The summed E-state index contributed by atoms with van der Waals surface area (Å²) in [5.74, 6) is -0.247. The van der Waals surface area contributed by atoms with Crippen LogP contribution in [-0.4, -0.2) is 49.9 Å². The minimum atomic E-state index is -0.465. The molecule has 0 aromatic carbocycles. The van der Waals surface area contributed by atoms with Gasteiger partial charge in [0.05, 0.1) is 34.8 Å². The smallest absolute Gasteiger partial charge is 0.255 e. The van der Waals surface area contributed by atoms with Crippen molar-refractivity contribution < 1.29 is 9.90 Å². The molecule has 142 valence electrons. The van der Waals surface area contributed by atoms with Crippen LogP contribution >= 0.6 is 0 Å². The van der Waals surface area contributed by atoms with Crippen LogP contribution in [0.15, 0.2) is 30.7 Å². The van der Waals surface area contributed by atoms with Gasteiger partial charge in [0.25, 0.3) is 5.91 Å². The summed E-state index contributed by atoms with van der Waals surface area (Å²) in [5, 5.41) is 22.3. The first-order chi connectivity index (χ1) is 13.0. The number of aromatic amines is 1. The Hall–Kier alpha value is -3.00. The summed E-state index contributed by atoms with van der Waals surface area (Å²) in [7, 11) is 0. The third-order valence-corrected chi connectivity index (χ3v) is 4.03. The SMILES string of the molecule is CC(O)CCNC(=O)c1cnc2ccc(-c3cn[nH]c3)nc2c1NC(C)C. The molecule has 3 aromatic heterocycles. The second-order valence-electron chi connectivity index (χ2n) is 6.79. The van der Waals surface area contributed by atoms with Gasteiger partial charge in [-0.3, -0.25) is 14.9 Å². The molecule has 0 aliphatic rings. The minimum Gasteiger partial charge on any atom is -0.393 e. The van der Waals surface area contributed by atoms with Crippen molar-refractivity contribution >= 4 is 22.6 Å². The average molecular weight is 368 g/mol. The van der Waals surface area contributed by atoms with E-state index in [1.54, 1.807) is 25.5 Å². The van der Waals surface area contributed by atoms with E-state index in [1.807, 2.05) is 26.0 Å². The summed E-state index contributed by atoms with van der Waals surface area (Å²) in [5.41, 5.74) is 4.01. The number of hydrogen-bond donors (Lipinski definition) is 4. The van der Waals surface area contributed by atoms with Crippen molar-refractivity contribution in [2.45, 2.75) is 39.3 Å². The van der Waals surface area contributed by atoms with E-state index < -0.39 is 6.10 Å². The van der Waals surface area contributed by atoms with Crippen molar-refractivity contribution in [2.75, 3.05) is 11.9 Å². The Labute approximate surface area is 157 Å². The molecule has 4 N–H and O–H groups in total. The van der Waals surface area contributed by atoms with Crippen LogP contribution in [0, 0.1) is 0 Å². The van der Waals surface area contributed by atoms with Crippen molar-refractivity contribution in [3.63, 3.8) is 0 Å². The average Bonchev–Trinajstić information content (AvgIpc) is 3.15. The zero-order valence-electron chi connectivity index (χ0n) is 15.7. The standard InChI is InChI=1S/C19H24N6O2/c1-11(2)24-17-14(19(27)20-7-6-12(3)26)10-21-16-5-4-15(25-18(16)17)13-8-22-23-9-13/h4-5,8-12,26H,6-7H2,1-3H3,(H,20,27)(H,21,24)(H,22,23). The topological polar surface area (TPSA) is 116 Å². The Kier molecular flexibility index (Phi) is 5.66. The van der Waals surface area contributed by atoms with Gasteiger partial charge in [0.1, 0.15) is 5.52 Å². The molecule has 0 bridgehead atoms. The molecule has 3 aromatic rings. The number of H-pyrrole nitrogens is 1. The monoisotopic (exact) mass is 368 g/mol. The van der Waals surface area contributed by atoms with Crippen molar-refractivity contribution in [3.05, 3.63) is 36.3 Å². The molecule has 27 heavy (non-hydrogen) atoms. The Balaban J connectivity index is 2.03. The van der Waals surface area contributed by atoms with E-state index in [0.29, 0.717) is 35.2 Å². The van der Waals surface area contributed by atoms with Gasteiger partial charge in [0.2, 0.25) is 0 Å². The molecular formula is C19H24N6O2. The highest BCUT2D eigenvalue weighted by molar-refractivity contribution is 6.06. The summed E-state index contributed by atoms with van der Waals surface area (Å²) in [6.07, 6.45) is 5.05. The number of nitrogens with one attached hydrogen (secondary N) is 3. The summed E-state index contributed by atoms with van der Waals surface area (Å²) in [6, 6.07) is 3.87. The molecule has 0 aliphatic carbocycles. The van der Waals surface area contributed by atoms with Gasteiger partial charge in [0.15, 0.2) is 0 Å². The maximum atomic E-state index is 12.7. The van der Waals surface area contributed by atoms with Crippen molar-refractivity contribution in [1.82, 2.24) is 25.5 Å². The Morgan fingerprint density at radius 2 is 2.07 bits per heavy atom. The number of aliphatic hydroxyl groups excluding tert-OH is 1. The molecule has 0 saturated carbocycles. The van der Waals surface area contributed by atoms with E-state index in [-0.39, 0.29) is 11.9 Å². The second kappa shape index (κ2) is 8.13. The molecule has 0 aliphatic heterocycles. The van der Waals surface area contributed by atoms with E-state index >= 15 is 0 Å². The van der Waals surface area contributed by atoms with Crippen LogP contribution in [0.3, 0.4) is 0 Å². The lowest BCUT2D eigenvalue weighted by Gasteiger charge is -2.17. The number of carbonyl (C=O) groups excluding carboxylic acids is 1. The van der Waals surface area contributed by atoms with Gasteiger partial charge < -0.3 is 15.7 Å². The van der Waals surface area contributed by atoms with Gasteiger partial charge in [-0.25, -0.2) is 4.98 Å². The molecule has 0 fully saturated rings. The number of carbonyl (C=O) groups is 1. The van der Waals surface area contributed by atoms with Gasteiger partial charge in [0, 0.05) is 30.5 Å². The van der Waals surface area contributed by atoms with Gasteiger partial charge >= 0.3 is 0 Å². The fourth-order valence-corrected chi connectivity index (χ4v) is 2.71. The van der Waals surface area contributed by atoms with Crippen LogP contribution in [0.25, 0.3) is 22.3 Å². The molecule has 3 heterocycles. The van der Waals surface area contributed by atoms with E-state index in [9.17, 15) is 9.90 Å². The van der Waals surface area contributed by atoms with E-state index in [2.05, 4.69) is 25.8 Å². The summed E-state index contributed by atoms with van der Waals surface area (Å²) in [4.78, 5) is 21.8. The zero-order chi connectivity index (χ0) is 19.4. The zero-order valence-corrected chi connectivity index (χ0v) is 15.7. The molecule has 8 nitrogen and oxygen atoms in total. The fourth-order valence-electron chi connectivity index (χ4n) is 2.71. The van der Waals surface area contributed by atoms with Gasteiger partial charge in [-0.1, -0.05) is 0 Å². The van der Waals surface area contributed by atoms with E-state index in [0.717, 1.165) is 11.3 Å². The second-order valence-corrected chi connectivity index (χ2v) is 6.79. The highest BCUT2D eigenvalue weighted by atomic mass is 16.3. The highest BCUT2D eigenvalue weighted by Gasteiger charge is 2.18. The summed E-state index contributed by atoms with van der Waals surface area (Å²) < 4.78 is 0.